The van der Waals surface area contributed by atoms with Gasteiger partial charge >= 0.3 is 0 Å². The summed E-state index contributed by atoms with van der Waals surface area (Å²) in [7, 11) is 0. The van der Waals surface area contributed by atoms with Crippen LogP contribution >= 0.6 is 11.6 Å². The van der Waals surface area contributed by atoms with E-state index in [0.29, 0.717) is 16.4 Å². The number of benzene rings is 1. The number of nitrogens with one attached hydrogen (secondary N) is 3. The van der Waals surface area contributed by atoms with E-state index in [1.807, 2.05) is 0 Å². The number of aromatic nitrogens is 4. The molecule has 3 aromatic rings. The van der Waals surface area contributed by atoms with E-state index >= 15 is 0 Å². The van der Waals surface area contributed by atoms with Crippen molar-refractivity contribution in [1.29, 1.82) is 0 Å². The minimum absolute atomic E-state index is 0.140. The van der Waals surface area contributed by atoms with Crippen molar-refractivity contribution >= 4 is 23.5 Å². The van der Waals surface area contributed by atoms with Gasteiger partial charge in [-0.3, -0.25) is 20.0 Å². The Balaban J connectivity index is 1.76. The molecule has 0 aliphatic rings. The lowest BCUT2D eigenvalue weighted by molar-refractivity contribution is 0.102. The summed E-state index contributed by atoms with van der Waals surface area (Å²) in [6.07, 6.45) is 1.32. The zero-order chi connectivity index (χ0) is 15.5. The van der Waals surface area contributed by atoms with Gasteiger partial charge in [0.25, 0.3) is 5.91 Å². The van der Waals surface area contributed by atoms with E-state index in [0.717, 1.165) is 5.56 Å². The Morgan fingerprint density at radius 2 is 1.91 bits per heavy atom. The number of hydrogen-bond donors (Lipinski definition) is 3. The molecule has 2 heterocycles. The molecular formula is C14H10ClN5O2. The zero-order valence-electron chi connectivity index (χ0n) is 11.1. The monoisotopic (exact) mass is 315 g/mol. The molecule has 0 saturated carbocycles. The maximum Gasteiger partial charge on any atom is 0.259 e. The molecule has 0 fully saturated rings. The van der Waals surface area contributed by atoms with Crippen molar-refractivity contribution < 1.29 is 4.79 Å². The van der Waals surface area contributed by atoms with Crippen LogP contribution in [0.25, 0.3) is 11.4 Å². The van der Waals surface area contributed by atoms with E-state index in [1.54, 1.807) is 24.3 Å². The van der Waals surface area contributed by atoms with Crippen molar-refractivity contribution in [1.82, 2.24) is 20.2 Å². The normalized spacial score (nSPS) is 10.4. The Kier molecular flexibility index (Phi) is 3.71. The molecule has 0 unspecified atom stereocenters. The molecule has 0 aliphatic heterocycles. The molecular weight excluding hydrogens is 306 g/mol. The Morgan fingerprint density at radius 1 is 1.14 bits per heavy atom. The first-order valence-corrected chi connectivity index (χ1v) is 6.68. The van der Waals surface area contributed by atoms with E-state index in [4.69, 9.17) is 11.6 Å². The van der Waals surface area contributed by atoms with Crippen molar-refractivity contribution in [2.45, 2.75) is 0 Å². The third-order valence-electron chi connectivity index (χ3n) is 2.87. The molecule has 1 aromatic carbocycles. The van der Waals surface area contributed by atoms with E-state index < -0.39 is 5.91 Å². The van der Waals surface area contributed by atoms with Gasteiger partial charge in [-0.15, -0.1) is 5.10 Å². The number of H-pyrrole nitrogens is 2. The molecule has 0 aliphatic carbocycles. The summed E-state index contributed by atoms with van der Waals surface area (Å²) in [6.45, 7) is 0. The number of nitrogens with zero attached hydrogens (tertiary/aromatic N) is 2. The molecule has 0 spiro atoms. The number of anilines is 1. The highest BCUT2D eigenvalue weighted by Gasteiger charge is 2.10. The summed E-state index contributed by atoms with van der Waals surface area (Å²) in [5.74, 6) is 0.229. The van der Waals surface area contributed by atoms with Gasteiger partial charge in [-0.2, -0.15) is 4.98 Å². The van der Waals surface area contributed by atoms with Crippen molar-refractivity contribution in [3.8, 4) is 11.4 Å². The summed E-state index contributed by atoms with van der Waals surface area (Å²) in [5.41, 5.74) is 0.818. The maximum absolute atomic E-state index is 12.0. The lowest BCUT2D eigenvalue weighted by Gasteiger charge is -1.99. The Labute approximate surface area is 129 Å². The molecule has 22 heavy (non-hydrogen) atoms. The topological polar surface area (TPSA) is 104 Å². The molecule has 3 N–H and O–H groups in total. The largest absolute Gasteiger partial charge is 0.328 e. The van der Waals surface area contributed by atoms with Crippen LogP contribution in [0, 0.1) is 0 Å². The molecule has 110 valence electrons. The van der Waals surface area contributed by atoms with Gasteiger partial charge in [0.05, 0.1) is 5.56 Å². The van der Waals surface area contributed by atoms with Gasteiger partial charge in [0.15, 0.2) is 5.82 Å². The van der Waals surface area contributed by atoms with Crippen LogP contribution in [0.2, 0.25) is 5.02 Å². The number of halogens is 1. The minimum atomic E-state index is -0.419. The average molecular weight is 316 g/mol. The zero-order valence-corrected chi connectivity index (χ0v) is 11.9. The van der Waals surface area contributed by atoms with Crippen LogP contribution in [-0.4, -0.2) is 26.1 Å². The van der Waals surface area contributed by atoms with Crippen molar-refractivity contribution in [3.05, 3.63) is 63.5 Å². The SMILES string of the molecule is O=C(Nc1n[nH]c(-c2ccc(Cl)cc2)n1)c1ccc(=O)[nH]c1. The Bertz CT molecular complexity index is 849. The predicted octanol–water partition coefficient (Wildman–Crippen LogP) is 2.07. The number of carbonyl (C=O) groups excluding carboxylic acids is 1. The first kappa shape index (κ1) is 14.0. The highest BCUT2D eigenvalue weighted by atomic mass is 35.5. The minimum Gasteiger partial charge on any atom is -0.328 e. The molecule has 0 atom stereocenters. The van der Waals surface area contributed by atoms with Crippen molar-refractivity contribution in [2.24, 2.45) is 0 Å². The molecule has 7 nitrogen and oxygen atoms in total. The first-order valence-electron chi connectivity index (χ1n) is 6.30. The third-order valence-corrected chi connectivity index (χ3v) is 3.13. The van der Waals surface area contributed by atoms with Gasteiger partial charge in [-0.25, -0.2) is 0 Å². The molecule has 1 amide bonds. The fourth-order valence-electron chi connectivity index (χ4n) is 1.78. The van der Waals surface area contributed by atoms with Crippen molar-refractivity contribution in [2.75, 3.05) is 5.32 Å². The molecule has 3 rings (SSSR count). The van der Waals surface area contributed by atoms with E-state index in [2.05, 4.69) is 25.5 Å². The number of hydrogen-bond acceptors (Lipinski definition) is 4. The van der Waals surface area contributed by atoms with Crippen LogP contribution in [0.4, 0.5) is 5.95 Å². The van der Waals surface area contributed by atoms with Gasteiger partial charge in [-0.1, -0.05) is 11.6 Å². The lowest BCUT2D eigenvalue weighted by atomic mass is 10.2. The van der Waals surface area contributed by atoms with E-state index in [9.17, 15) is 9.59 Å². The van der Waals surface area contributed by atoms with Crippen molar-refractivity contribution in [3.63, 3.8) is 0 Å². The highest BCUT2D eigenvalue weighted by Crippen LogP contribution is 2.18. The molecule has 0 bridgehead atoms. The summed E-state index contributed by atoms with van der Waals surface area (Å²) in [4.78, 5) is 29.5. The van der Waals surface area contributed by atoms with Gasteiger partial charge in [0.2, 0.25) is 11.5 Å². The Hall–Kier alpha value is -2.93. The average Bonchev–Trinajstić information content (AvgIpc) is 2.97. The summed E-state index contributed by atoms with van der Waals surface area (Å²) in [5, 5.41) is 9.81. The van der Waals surface area contributed by atoms with E-state index in [1.165, 1.54) is 18.3 Å². The summed E-state index contributed by atoms with van der Waals surface area (Å²) < 4.78 is 0. The van der Waals surface area contributed by atoms with Gasteiger partial charge in [-0.05, 0) is 30.3 Å². The van der Waals surface area contributed by atoms with Crippen LogP contribution in [0.1, 0.15) is 10.4 Å². The van der Waals surface area contributed by atoms with Crippen LogP contribution < -0.4 is 10.9 Å². The number of amides is 1. The first-order chi connectivity index (χ1) is 10.6. The standard InChI is InChI=1S/C14H10ClN5O2/c15-10-4-1-8(2-5-10)12-17-14(20-19-12)18-13(22)9-3-6-11(21)16-7-9/h1-7H,(H,16,21)(H2,17,18,19,20,22). The maximum atomic E-state index is 12.0. The quantitative estimate of drug-likeness (QED) is 0.688. The number of aromatic amines is 2. The molecule has 2 aromatic heterocycles. The van der Waals surface area contributed by atoms with Crippen LogP contribution in [0.15, 0.2) is 47.4 Å². The fourth-order valence-corrected chi connectivity index (χ4v) is 1.91. The fraction of sp³-hybridized carbons (Fsp3) is 0. The van der Waals surface area contributed by atoms with Crippen LogP contribution in [0.5, 0.6) is 0 Å². The van der Waals surface area contributed by atoms with Gasteiger partial charge in [0, 0.05) is 22.8 Å². The van der Waals surface area contributed by atoms with E-state index in [-0.39, 0.29) is 11.5 Å². The third kappa shape index (κ3) is 3.04. The number of carbonyl (C=O) groups is 1. The van der Waals surface area contributed by atoms with Gasteiger partial charge < -0.3 is 4.98 Å². The molecule has 8 heteroatoms. The number of pyridine rings is 1. The predicted molar refractivity (Wildman–Crippen MR) is 81.8 cm³/mol. The number of rotatable bonds is 3. The lowest BCUT2D eigenvalue weighted by Crippen LogP contribution is -2.15. The second-order valence-corrected chi connectivity index (χ2v) is 4.85. The smallest absolute Gasteiger partial charge is 0.259 e. The van der Waals surface area contributed by atoms with Crippen LogP contribution in [-0.2, 0) is 0 Å². The van der Waals surface area contributed by atoms with Crippen LogP contribution in [0.3, 0.4) is 0 Å². The van der Waals surface area contributed by atoms with Gasteiger partial charge in [0.1, 0.15) is 0 Å². The second-order valence-electron chi connectivity index (χ2n) is 4.41. The second kappa shape index (κ2) is 5.82. The summed E-state index contributed by atoms with van der Waals surface area (Å²) in [6, 6.07) is 9.73. The molecule has 0 radical (unpaired) electrons. The highest BCUT2D eigenvalue weighted by molar-refractivity contribution is 6.30. The molecule has 0 saturated heterocycles. The summed E-state index contributed by atoms with van der Waals surface area (Å²) >= 11 is 5.82. The Morgan fingerprint density at radius 3 is 2.59 bits per heavy atom.